The van der Waals surface area contributed by atoms with Gasteiger partial charge in [-0.1, -0.05) is 6.07 Å². The zero-order valence-corrected chi connectivity index (χ0v) is 11.5. The van der Waals surface area contributed by atoms with Gasteiger partial charge in [-0.3, -0.25) is 0 Å². The highest BCUT2D eigenvalue weighted by Gasteiger charge is 2.40. The summed E-state index contributed by atoms with van der Waals surface area (Å²) in [4.78, 5) is 22.6. The van der Waals surface area contributed by atoms with Crippen LogP contribution in [0.3, 0.4) is 0 Å². The minimum absolute atomic E-state index is 0.0198. The topological polar surface area (TPSA) is 141 Å². The summed E-state index contributed by atoms with van der Waals surface area (Å²) in [6.07, 6.45) is 1.74. The van der Waals surface area contributed by atoms with Gasteiger partial charge in [-0.05, 0) is 24.5 Å². The number of hydrogen-bond donors (Lipinski definition) is 5. The van der Waals surface area contributed by atoms with E-state index in [1.165, 1.54) is 11.8 Å². The van der Waals surface area contributed by atoms with Crippen molar-refractivity contribution in [3.8, 4) is 11.5 Å². The van der Waals surface area contributed by atoms with Crippen molar-refractivity contribution < 1.29 is 30.0 Å². The molecule has 0 spiro atoms. The Morgan fingerprint density at radius 3 is 2.35 bits per heavy atom. The van der Waals surface area contributed by atoms with Gasteiger partial charge in [-0.15, -0.1) is 0 Å². The molecule has 1 aromatic carbocycles. The third-order valence-corrected chi connectivity index (χ3v) is 3.55. The van der Waals surface area contributed by atoms with Crippen LogP contribution < -0.4 is 5.73 Å². The maximum absolute atomic E-state index is 11.4. The number of aromatic carboxylic acids is 1. The van der Waals surface area contributed by atoms with Crippen molar-refractivity contribution in [1.82, 2.24) is 0 Å². The van der Waals surface area contributed by atoms with E-state index in [1.807, 2.05) is 0 Å². The fourth-order valence-corrected chi connectivity index (χ4v) is 2.31. The maximum Gasteiger partial charge on any atom is 0.339 e. The second-order valence-corrected chi connectivity index (χ2v) is 5.17. The monoisotopic (exact) mass is 301 g/mol. The molecule has 0 unspecified atom stereocenters. The number of hydrogen-bond acceptors (Lipinski definition) is 6. The van der Waals surface area contributed by atoms with Crippen LogP contribution in [0.5, 0.6) is 11.5 Å². The Labute approximate surface area is 119 Å². The van der Waals surface area contributed by atoms with Gasteiger partial charge < -0.3 is 26.2 Å². The number of rotatable bonds is 6. The first-order chi connectivity index (χ1) is 9.25. The third-order valence-electron chi connectivity index (χ3n) is 2.93. The molecular weight excluding hydrogens is 286 g/mol. The van der Waals surface area contributed by atoms with Crippen LogP contribution in [0.15, 0.2) is 12.1 Å². The van der Waals surface area contributed by atoms with Crippen LogP contribution in [0, 0.1) is 0 Å². The highest BCUT2D eigenvalue weighted by atomic mass is 32.2. The van der Waals surface area contributed by atoms with Gasteiger partial charge in [0.05, 0.1) is 0 Å². The van der Waals surface area contributed by atoms with Gasteiger partial charge in [0.15, 0.2) is 11.5 Å². The number of benzene rings is 1. The van der Waals surface area contributed by atoms with E-state index in [9.17, 15) is 24.9 Å². The number of carboxylic acids is 2. The summed E-state index contributed by atoms with van der Waals surface area (Å²) >= 11 is 1.36. The number of nitrogens with two attached hydrogens (primary N) is 1. The Bertz CT molecular complexity index is 547. The SMILES string of the molecule is CSCC[C@@](N)(C(=O)O)c1ccc(O)c(O)c1C(=O)O. The van der Waals surface area contributed by atoms with Crippen molar-refractivity contribution in [2.24, 2.45) is 5.73 Å². The third kappa shape index (κ3) is 2.81. The normalized spacial score (nSPS) is 13.7. The number of aromatic hydroxyl groups is 2. The second-order valence-electron chi connectivity index (χ2n) is 4.18. The molecule has 0 amide bonds. The van der Waals surface area contributed by atoms with E-state index >= 15 is 0 Å². The number of carboxylic acid groups (broad SMARTS) is 2. The Kier molecular flexibility index (Phi) is 4.85. The molecule has 1 atom stereocenters. The van der Waals surface area contributed by atoms with Crippen molar-refractivity contribution in [1.29, 1.82) is 0 Å². The first-order valence-electron chi connectivity index (χ1n) is 5.55. The standard InChI is InChI=1S/C12H15NO6S/c1-20-5-4-12(13,11(18)19)6-2-3-7(14)9(15)8(6)10(16)17/h2-3,14-15H,4-5,13H2,1H3,(H,16,17)(H,18,19)/t12-/m0/s1. The molecule has 0 aliphatic heterocycles. The lowest BCUT2D eigenvalue weighted by atomic mass is 9.84. The lowest BCUT2D eigenvalue weighted by molar-refractivity contribution is -0.143. The van der Waals surface area contributed by atoms with E-state index in [4.69, 9.17) is 10.8 Å². The van der Waals surface area contributed by atoms with E-state index in [2.05, 4.69) is 0 Å². The number of phenols is 2. The van der Waals surface area contributed by atoms with Crippen molar-refractivity contribution in [2.75, 3.05) is 12.0 Å². The Balaban J connectivity index is 3.53. The summed E-state index contributed by atoms with van der Waals surface area (Å²) in [6.45, 7) is 0. The van der Waals surface area contributed by atoms with Crippen LogP contribution in [0.4, 0.5) is 0 Å². The van der Waals surface area contributed by atoms with Crippen LogP contribution in [0.25, 0.3) is 0 Å². The van der Waals surface area contributed by atoms with Gasteiger partial charge in [0.2, 0.25) is 0 Å². The van der Waals surface area contributed by atoms with Gasteiger partial charge in [-0.2, -0.15) is 11.8 Å². The van der Waals surface area contributed by atoms with Crippen molar-refractivity contribution >= 4 is 23.7 Å². The lowest BCUT2D eigenvalue weighted by Crippen LogP contribution is -2.46. The van der Waals surface area contributed by atoms with Gasteiger partial charge in [-0.25, -0.2) is 9.59 Å². The molecule has 0 aliphatic rings. The average molecular weight is 301 g/mol. The Morgan fingerprint density at radius 1 is 1.30 bits per heavy atom. The number of aliphatic carboxylic acids is 1. The van der Waals surface area contributed by atoms with E-state index in [0.29, 0.717) is 5.75 Å². The Morgan fingerprint density at radius 2 is 1.90 bits per heavy atom. The molecular formula is C12H15NO6S. The summed E-state index contributed by atoms with van der Waals surface area (Å²) in [5.41, 5.74) is 2.93. The smallest absolute Gasteiger partial charge is 0.339 e. The maximum atomic E-state index is 11.4. The van der Waals surface area contributed by atoms with Gasteiger partial charge in [0.25, 0.3) is 0 Å². The lowest BCUT2D eigenvalue weighted by Gasteiger charge is -2.26. The Hall–Kier alpha value is -1.93. The van der Waals surface area contributed by atoms with Crippen molar-refractivity contribution in [3.05, 3.63) is 23.3 Å². The van der Waals surface area contributed by atoms with Gasteiger partial charge in [0, 0.05) is 5.56 Å². The summed E-state index contributed by atoms with van der Waals surface area (Å²) < 4.78 is 0. The molecule has 1 rings (SSSR count). The molecule has 1 aromatic rings. The molecule has 0 saturated carbocycles. The summed E-state index contributed by atoms with van der Waals surface area (Å²) in [5, 5.41) is 37.4. The van der Waals surface area contributed by atoms with E-state index in [0.717, 1.165) is 12.1 Å². The summed E-state index contributed by atoms with van der Waals surface area (Å²) in [7, 11) is 0. The quantitative estimate of drug-likeness (QED) is 0.485. The molecule has 0 heterocycles. The molecule has 110 valence electrons. The van der Waals surface area contributed by atoms with E-state index in [-0.39, 0.29) is 12.0 Å². The minimum atomic E-state index is -1.96. The number of phenolic OH excluding ortho intramolecular Hbond substituents is 1. The van der Waals surface area contributed by atoms with Crippen LogP contribution in [0.2, 0.25) is 0 Å². The first kappa shape index (κ1) is 16.1. The molecule has 0 aromatic heterocycles. The predicted octanol–water partition coefficient (Wildman–Crippen LogP) is 0.788. The number of carbonyl (C=O) groups is 2. The largest absolute Gasteiger partial charge is 0.504 e. The van der Waals surface area contributed by atoms with E-state index < -0.39 is 34.5 Å². The second kappa shape index (κ2) is 6.02. The van der Waals surface area contributed by atoms with Crippen molar-refractivity contribution in [2.45, 2.75) is 12.0 Å². The predicted molar refractivity (Wildman–Crippen MR) is 73.2 cm³/mol. The number of thioether (sulfide) groups is 1. The van der Waals surface area contributed by atoms with E-state index in [1.54, 1.807) is 6.26 Å². The van der Waals surface area contributed by atoms with Gasteiger partial charge >= 0.3 is 11.9 Å². The van der Waals surface area contributed by atoms with Crippen LogP contribution in [-0.4, -0.2) is 44.4 Å². The minimum Gasteiger partial charge on any atom is -0.504 e. The average Bonchev–Trinajstić information content (AvgIpc) is 2.38. The zero-order chi connectivity index (χ0) is 15.5. The molecule has 0 saturated heterocycles. The first-order valence-corrected chi connectivity index (χ1v) is 6.95. The van der Waals surface area contributed by atoms with Crippen LogP contribution in [0.1, 0.15) is 22.3 Å². The molecule has 7 nitrogen and oxygen atoms in total. The fraction of sp³-hybridized carbons (Fsp3) is 0.333. The molecule has 0 fully saturated rings. The highest BCUT2D eigenvalue weighted by Crippen LogP contribution is 2.37. The molecule has 6 N–H and O–H groups in total. The summed E-state index contributed by atoms with van der Waals surface area (Å²) in [5.74, 6) is -4.12. The zero-order valence-electron chi connectivity index (χ0n) is 10.7. The molecule has 8 heteroatoms. The fourth-order valence-electron chi connectivity index (χ4n) is 1.79. The van der Waals surface area contributed by atoms with Gasteiger partial charge in [0.1, 0.15) is 11.1 Å². The van der Waals surface area contributed by atoms with Crippen LogP contribution >= 0.6 is 11.8 Å². The molecule has 0 radical (unpaired) electrons. The molecule has 20 heavy (non-hydrogen) atoms. The van der Waals surface area contributed by atoms with Crippen LogP contribution in [-0.2, 0) is 10.3 Å². The molecule has 0 aliphatic carbocycles. The van der Waals surface area contributed by atoms with Crippen molar-refractivity contribution in [3.63, 3.8) is 0 Å². The summed E-state index contributed by atoms with van der Waals surface area (Å²) in [6, 6.07) is 2.12. The highest BCUT2D eigenvalue weighted by molar-refractivity contribution is 7.98. The molecule has 0 bridgehead atoms.